The summed E-state index contributed by atoms with van der Waals surface area (Å²) in [6.45, 7) is 1.75. The van der Waals surface area contributed by atoms with Crippen molar-refractivity contribution < 1.29 is 22.0 Å². The molecule has 0 radical (unpaired) electrons. The van der Waals surface area contributed by atoms with Gasteiger partial charge in [-0.2, -0.15) is 0 Å². The van der Waals surface area contributed by atoms with Gasteiger partial charge in [0.1, 0.15) is 4.21 Å². The van der Waals surface area contributed by atoms with Gasteiger partial charge < -0.3 is 5.32 Å². The number of halogens is 2. The van der Waals surface area contributed by atoms with E-state index < -0.39 is 33.6 Å². The predicted molar refractivity (Wildman–Crippen MR) is 115 cm³/mol. The third-order valence-electron chi connectivity index (χ3n) is 5.30. The number of nitrogens with one attached hydrogen (secondary N) is 2. The minimum absolute atomic E-state index is 0.192. The molecule has 0 bridgehead atoms. The second-order valence-electron chi connectivity index (χ2n) is 7.45. The molecular formula is C22H20F2N2O3S2. The molecule has 1 heterocycles. The van der Waals surface area contributed by atoms with E-state index in [1.165, 1.54) is 18.2 Å². The van der Waals surface area contributed by atoms with Crippen molar-refractivity contribution in [3.63, 3.8) is 0 Å². The van der Waals surface area contributed by atoms with Crippen LogP contribution in [-0.2, 0) is 14.8 Å². The maximum Gasteiger partial charge on any atom is 0.271 e. The molecule has 1 saturated carbocycles. The molecule has 3 aromatic rings. The van der Waals surface area contributed by atoms with Crippen LogP contribution in [-0.4, -0.2) is 14.3 Å². The number of carbonyl (C=O) groups is 1. The summed E-state index contributed by atoms with van der Waals surface area (Å²) in [5, 5.41) is 4.54. The highest BCUT2D eigenvalue weighted by Gasteiger charge is 2.45. The average molecular weight is 463 g/mol. The highest BCUT2D eigenvalue weighted by atomic mass is 32.2. The molecule has 1 amide bonds. The topological polar surface area (TPSA) is 75.3 Å². The quantitative estimate of drug-likeness (QED) is 0.529. The van der Waals surface area contributed by atoms with E-state index in [9.17, 15) is 22.0 Å². The first-order chi connectivity index (χ1) is 14.8. The van der Waals surface area contributed by atoms with Gasteiger partial charge in [-0.25, -0.2) is 17.2 Å². The molecule has 1 fully saturated rings. The number of anilines is 1. The number of sulfonamides is 1. The fraction of sp³-hybridized carbons (Fsp3) is 0.227. The predicted octanol–water partition coefficient (Wildman–Crippen LogP) is 4.81. The number of thiophene rings is 1. The molecule has 5 nitrogen and oxygen atoms in total. The van der Waals surface area contributed by atoms with Crippen molar-refractivity contribution in [1.82, 2.24) is 5.32 Å². The molecule has 0 aliphatic heterocycles. The summed E-state index contributed by atoms with van der Waals surface area (Å²) in [6.07, 6.45) is 0.436. The van der Waals surface area contributed by atoms with Crippen LogP contribution < -0.4 is 10.0 Å². The molecule has 9 heteroatoms. The zero-order valence-electron chi connectivity index (χ0n) is 16.5. The molecule has 3 atom stereocenters. The van der Waals surface area contributed by atoms with E-state index >= 15 is 0 Å². The van der Waals surface area contributed by atoms with Gasteiger partial charge >= 0.3 is 0 Å². The van der Waals surface area contributed by atoms with E-state index in [0.717, 1.165) is 17.4 Å². The van der Waals surface area contributed by atoms with Gasteiger partial charge in [0.15, 0.2) is 11.6 Å². The van der Waals surface area contributed by atoms with Gasteiger partial charge in [0.05, 0.1) is 11.7 Å². The first-order valence-electron chi connectivity index (χ1n) is 9.67. The van der Waals surface area contributed by atoms with Crippen LogP contribution in [0.25, 0.3) is 0 Å². The summed E-state index contributed by atoms with van der Waals surface area (Å²) < 4.78 is 55.4. The van der Waals surface area contributed by atoms with Gasteiger partial charge in [-0.05, 0) is 54.0 Å². The van der Waals surface area contributed by atoms with Crippen LogP contribution in [0, 0.1) is 17.6 Å². The molecule has 0 spiro atoms. The highest BCUT2D eigenvalue weighted by Crippen LogP contribution is 2.48. The van der Waals surface area contributed by atoms with E-state index in [1.807, 2.05) is 0 Å². The molecule has 1 aromatic heterocycles. The minimum atomic E-state index is -3.73. The maximum atomic E-state index is 14.0. The molecule has 0 saturated heterocycles. The lowest BCUT2D eigenvalue weighted by atomic mass is 10.1. The molecule has 4 rings (SSSR count). The zero-order chi connectivity index (χ0) is 22.2. The van der Waals surface area contributed by atoms with Crippen molar-refractivity contribution in [2.75, 3.05) is 4.72 Å². The number of amides is 1. The molecule has 162 valence electrons. The number of rotatable bonds is 7. The normalized spacial score (nSPS) is 18.9. The monoisotopic (exact) mass is 462 g/mol. The zero-order valence-corrected chi connectivity index (χ0v) is 18.1. The smallest absolute Gasteiger partial charge is 0.271 e. The van der Waals surface area contributed by atoms with Gasteiger partial charge in [-0.1, -0.05) is 36.4 Å². The first kappa shape index (κ1) is 21.5. The van der Waals surface area contributed by atoms with Crippen LogP contribution >= 0.6 is 11.3 Å². The Hall–Kier alpha value is -2.78. The van der Waals surface area contributed by atoms with Gasteiger partial charge in [0.2, 0.25) is 5.91 Å². The van der Waals surface area contributed by atoms with Crippen LogP contribution in [0.4, 0.5) is 14.5 Å². The number of hydrogen-bond donors (Lipinski definition) is 2. The van der Waals surface area contributed by atoms with Crippen molar-refractivity contribution in [2.24, 2.45) is 5.92 Å². The molecule has 2 N–H and O–H groups in total. The largest absolute Gasteiger partial charge is 0.349 e. The maximum absolute atomic E-state index is 14.0. The van der Waals surface area contributed by atoms with Gasteiger partial charge in [0.25, 0.3) is 10.0 Å². The summed E-state index contributed by atoms with van der Waals surface area (Å²) in [7, 11) is -3.73. The summed E-state index contributed by atoms with van der Waals surface area (Å²) in [5.41, 5.74) is 1.18. The number of carbonyl (C=O) groups excluding carboxylic acids is 1. The molecule has 3 unspecified atom stereocenters. The van der Waals surface area contributed by atoms with Crippen LogP contribution in [0.3, 0.4) is 0 Å². The van der Waals surface area contributed by atoms with Crippen molar-refractivity contribution in [2.45, 2.75) is 29.5 Å². The van der Waals surface area contributed by atoms with Crippen molar-refractivity contribution in [3.05, 3.63) is 82.7 Å². The highest BCUT2D eigenvalue weighted by molar-refractivity contribution is 7.94. The van der Waals surface area contributed by atoms with Crippen LogP contribution in [0.1, 0.15) is 36.4 Å². The van der Waals surface area contributed by atoms with Crippen LogP contribution in [0.2, 0.25) is 0 Å². The molecule has 1 aliphatic carbocycles. The summed E-state index contributed by atoms with van der Waals surface area (Å²) in [5.74, 6) is -2.94. The molecule has 2 aromatic carbocycles. The Balaban J connectivity index is 1.47. The third kappa shape index (κ3) is 4.47. The van der Waals surface area contributed by atoms with Crippen molar-refractivity contribution >= 4 is 33.0 Å². The number of hydrogen-bond acceptors (Lipinski definition) is 4. The molecule has 31 heavy (non-hydrogen) atoms. The summed E-state index contributed by atoms with van der Waals surface area (Å²) >= 11 is 1.11. The molecule has 1 aliphatic rings. The lowest BCUT2D eigenvalue weighted by Gasteiger charge is -2.19. The SMILES string of the molecule is CC(NC(=O)C1CC1c1cccc(F)c1F)c1ccccc1NS(=O)(=O)c1cccs1. The third-order valence-corrected chi connectivity index (χ3v) is 8.06. The Morgan fingerprint density at radius 1 is 1.10 bits per heavy atom. The van der Waals surface area contributed by atoms with E-state index in [-0.39, 0.29) is 21.6 Å². The van der Waals surface area contributed by atoms with Gasteiger partial charge in [-0.3, -0.25) is 9.52 Å². The van der Waals surface area contributed by atoms with E-state index in [2.05, 4.69) is 10.0 Å². The minimum Gasteiger partial charge on any atom is -0.349 e. The Kier molecular flexibility index (Phi) is 5.81. The summed E-state index contributed by atoms with van der Waals surface area (Å²) in [6, 6.07) is 13.5. The fourth-order valence-electron chi connectivity index (χ4n) is 3.61. The van der Waals surface area contributed by atoms with Crippen LogP contribution in [0.5, 0.6) is 0 Å². The second-order valence-corrected chi connectivity index (χ2v) is 10.3. The lowest BCUT2D eigenvalue weighted by molar-refractivity contribution is -0.123. The second kappa shape index (κ2) is 8.39. The molecular weight excluding hydrogens is 442 g/mol. The van der Waals surface area contributed by atoms with Gasteiger partial charge in [-0.15, -0.1) is 11.3 Å². The van der Waals surface area contributed by atoms with E-state index in [4.69, 9.17) is 0 Å². The lowest BCUT2D eigenvalue weighted by Crippen LogP contribution is -2.29. The van der Waals surface area contributed by atoms with E-state index in [0.29, 0.717) is 17.7 Å². The van der Waals surface area contributed by atoms with E-state index in [1.54, 1.807) is 42.6 Å². The number of para-hydroxylation sites is 1. The van der Waals surface area contributed by atoms with Gasteiger partial charge in [0, 0.05) is 5.92 Å². The Morgan fingerprint density at radius 2 is 1.87 bits per heavy atom. The number of benzene rings is 2. The fourth-order valence-corrected chi connectivity index (χ4v) is 5.69. The van der Waals surface area contributed by atoms with Crippen molar-refractivity contribution in [3.8, 4) is 0 Å². The first-order valence-corrected chi connectivity index (χ1v) is 12.0. The summed E-state index contributed by atoms with van der Waals surface area (Å²) in [4.78, 5) is 12.7. The van der Waals surface area contributed by atoms with Crippen LogP contribution in [0.15, 0.2) is 64.2 Å². The Bertz CT molecular complexity index is 1210. The Labute approximate surface area is 183 Å². The van der Waals surface area contributed by atoms with Crippen molar-refractivity contribution in [1.29, 1.82) is 0 Å². The standard InChI is InChI=1S/C22H20F2N2O3S2/c1-13(25-22(27)17-12-16(17)15-7-4-8-18(23)21(15)24)14-6-2-3-9-19(14)26-31(28,29)20-10-5-11-30-20/h2-11,13,16-17,26H,12H2,1H3,(H,25,27). The average Bonchev–Trinajstić information content (AvgIpc) is 3.31. The Morgan fingerprint density at radius 3 is 2.61 bits per heavy atom.